The Morgan fingerprint density at radius 1 is 1.18 bits per heavy atom. The van der Waals surface area contributed by atoms with Crippen molar-refractivity contribution in [2.75, 3.05) is 0 Å². The van der Waals surface area contributed by atoms with E-state index in [-0.39, 0.29) is 6.10 Å². The number of alkyl halides is 3. The molecule has 2 rings (SSSR count). The summed E-state index contributed by atoms with van der Waals surface area (Å²) >= 11 is 0. The van der Waals surface area contributed by atoms with Crippen LogP contribution < -0.4 is 0 Å². The van der Waals surface area contributed by atoms with Crippen LogP contribution in [0.2, 0.25) is 0 Å². The quantitative estimate of drug-likeness (QED) is 0.843. The minimum atomic E-state index is -4.26. The van der Waals surface area contributed by atoms with Gasteiger partial charge in [0.2, 0.25) is 0 Å². The van der Waals surface area contributed by atoms with Crippen molar-refractivity contribution >= 4 is 0 Å². The third kappa shape index (κ3) is 2.63. The molecule has 0 heterocycles. The van der Waals surface area contributed by atoms with Gasteiger partial charge in [-0.1, -0.05) is 12.1 Å². The molecule has 1 fully saturated rings. The summed E-state index contributed by atoms with van der Waals surface area (Å²) in [5, 5.41) is 9.34. The third-order valence-electron chi connectivity index (χ3n) is 3.57. The summed E-state index contributed by atoms with van der Waals surface area (Å²) in [6, 6.07) is 5.35. The molecule has 1 aromatic rings. The van der Waals surface area contributed by atoms with Crippen LogP contribution in [-0.2, 0) is 6.18 Å². The van der Waals surface area contributed by atoms with Crippen molar-refractivity contribution in [2.24, 2.45) is 5.92 Å². The first-order chi connectivity index (χ1) is 7.88. The van der Waals surface area contributed by atoms with E-state index < -0.39 is 11.7 Å². The SMILES string of the molecule is CC(O)C1CC(c2ccc(C(F)(F)F)cc2)C1. The number of aliphatic hydroxyl groups is 1. The Kier molecular flexibility index (Phi) is 3.17. The Labute approximate surface area is 98.3 Å². The maximum atomic E-state index is 12.4. The Balaban J connectivity index is 2.01. The first kappa shape index (κ1) is 12.4. The molecule has 1 atom stereocenters. The summed E-state index contributed by atoms with van der Waals surface area (Å²) in [5.74, 6) is 0.596. The zero-order valence-electron chi connectivity index (χ0n) is 9.54. The summed E-state index contributed by atoms with van der Waals surface area (Å²) in [6.45, 7) is 1.76. The molecule has 0 amide bonds. The van der Waals surface area contributed by atoms with E-state index in [0.717, 1.165) is 30.5 Å². The Hall–Kier alpha value is -1.03. The number of benzene rings is 1. The highest BCUT2D eigenvalue weighted by atomic mass is 19.4. The van der Waals surface area contributed by atoms with Crippen LogP contribution in [0.4, 0.5) is 13.2 Å². The molecule has 1 saturated carbocycles. The second-order valence-corrected chi connectivity index (χ2v) is 4.79. The first-order valence-corrected chi connectivity index (χ1v) is 5.73. The number of aliphatic hydroxyl groups excluding tert-OH is 1. The van der Waals surface area contributed by atoms with Crippen LogP contribution in [0.25, 0.3) is 0 Å². The average Bonchev–Trinajstić information content (AvgIpc) is 2.14. The van der Waals surface area contributed by atoms with Crippen LogP contribution in [0, 0.1) is 5.92 Å². The van der Waals surface area contributed by atoms with Crippen LogP contribution in [0.3, 0.4) is 0 Å². The molecule has 0 aromatic heterocycles. The molecule has 1 aromatic carbocycles. The standard InChI is InChI=1S/C13H15F3O/c1-8(17)10-6-11(7-10)9-2-4-12(5-3-9)13(14,15)16/h2-5,8,10-11,17H,6-7H2,1H3. The van der Waals surface area contributed by atoms with Crippen molar-refractivity contribution in [1.82, 2.24) is 0 Å². The van der Waals surface area contributed by atoms with E-state index in [9.17, 15) is 18.3 Å². The van der Waals surface area contributed by atoms with Crippen LogP contribution in [-0.4, -0.2) is 11.2 Å². The molecule has 17 heavy (non-hydrogen) atoms. The lowest BCUT2D eigenvalue weighted by atomic mass is 9.69. The van der Waals surface area contributed by atoms with E-state index in [2.05, 4.69) is 0 Å². The van der Waals surface area contributed by atoms with Crippen molar-refractivity contribution in [2.45, 2.75) is 38.0 Å². The van der Waals surface area contributed by atoms with Gasteiger partial charge in [0, 0.05) is 0 Å². The lowest BCUT2D eigenvalue weighted by Gasteiger charge is -2.37. The molecule has 4 heteroatoms. The predicted molar refractivity (Wildman–Crippen MR) is 58.6 cm³/mol. The monoisotopic (exact) mass is 244 g/mol. The highest BCUT2D eigenvalue weighted by Crippen LogP contribution is 2.43. The fraction of sp³-hybridized carbons (Fsp3) is 0.538. The first-order valence-electron chi connectivity index (χ1n) is 5.73. The van der Waals surface area contributed by atoms with Crippen LogP contribution in [0.15, 0.2) is 24.3 Å². The Morgan fingerprint density at radius 2 is 1.71 bits per heavy atom. The molecule has 1 unspecified atom stereocenters. The number of hydrogen-bond acceptors (Lipinski definition) is 1. The lowest BCUT2D eigenvalue weighted by Crippen LogP contribution is -2.30. The number of halogens is 3. The average molecular weight is 244 g/mol. The van der Waals surface area contributed by atoms with E-state index in [0.29, 0.717) is 11.8 Å². The van der Waals surface area contributed by atoms with Gasteiger partial charge >= 0.3 is 6.18 Å². The Morgan fingerprint density at radius 3 is 2.12 bits per heavy atom. The van der Waals surface area contributed by atoms with Gasteiger partial charge in [-0.15, -0.1) is 0 Å². The van der Waals surface area contributed by atoms with E-state index in [1.807, 2.05) is 0 Å². The van der Waals surface area contributed by atoms with E-state index >= 15 is 0 Å². The normalized spacial score (nSPS) is 26.4. The van der Waals surface area contributed by atoms with Crippen molar-refractivity contribution in [3.05, 3.63) is 35.4 Å². The molecule has 1 aliphatic carbocycles. The van der Waals surface area contributed by atoms with E-state index in [4.69, 9.17) is 0 Å². The van der Waals surface area contributed by atoms with Gasteiger partial charge in [-0.25, -0.2) is 0 Å². The second kappa shape index (κ2) is 4.33. The van der Waals surface area contributed by atoms with Gasteiger partial charge in [0.05, 0.1) is 11.7 Å². The van der Waals surface area contributed by atoms with Crippen LogP contribution in [0.1, 0.15) is 36.8 Å². The molecular weight excluding hydrogens is 229 g/mol. The van der Waals surface area contributed by atoms with Gasteiger partial charge < -0.3 is 5.11 Å². The molecule has 0 spiro atoms. The van der Waals surface area contributed by atoms with E-state index in [1.165, 1.54) is 0 Å². The smallest absolute Gasteiger partial charge is 0.393 e. The van der Waals surface area contributed by atoms with Gasteiger partial charge in [-0.2, -0.15) is 13.2 Å². The largest absolute Gasteiger partial charge is 0.416 e. The Bertz CT molecular complexity index is 375. The van der Waals surface area contributed by atoms with Crippen molar-refractivity contribution in [1.29, 1.82) is 0 Å². The maximum absolute atomic E-state index is 12.4. The summed E-state index contributed by atoms with van der Waals surface area (Å²) in [7, 11) is 0. The summed E-state index contributed by atoms with van der Waals surface area (Å²) < 4.78 is 37.1. The minimum Gasteiger partial charge on any atom is -0.393 e. The molecule has 0 saturated heterocycles. The fourth-order valence-corrected chi connectivity index (χ4v) is 2.27. The third-order valence-corrected chi connectivity index (χ3v) is 3.57. The topological polar surface area (TPSA) is 20.2 Å². The molecule has 1 aliphatic rings. The van der Waals surface area contributed by atoms with Gasteiger partial charge in [-0.3, -0.25) is 0 Å². The van der Waals surface area contributed by atoms with Crippen molar-refractivity contribution < 1.29 is 18.3 Å². The molecule has 1 nitrogen and oxygen atoms in total. The van der Waals surface area contributed by atoms with Gasteiger partial charge in [0.15, 0.2) is 0 Å². The van der Waals surface area contributed by atoms with Gasteiger partial charge in [0.1, 0.15) is 0 Å². The summed E-state index contributed by atoms with van der Waals surface area (Å²) in [4.78, 5) is 0. The minimum absolute atomic E-state index is 0.294. The zero-order chi connectivity index (χ0) is 12.6. The molecule has 1 N–H and O–H groups in total. The summed E-state index contributed by atoms with van der Waals surface area (Å²) in [6.07, 6.45) is -2.85. The van der Waals surface area contributed by atoms with Crippen molar-refractivity contribution in [3.63, 3.8) is 0 Å². The van der Waals surface area contributed by atoms with Crippen molar-refractivity contribution in [3.8, 4) is 0 Å². The highest BCUT2D eigenvalue weighted by molar-refractivity contribution is 5.28. The summed E-state index contributed by atoms with van der Waals surface area (Å²) in [5.41, 5.74) is 0.336. The highest BCUT2D eigenvalue weighted by Gasteiger charge is 2.34. The number of rotatable bonds is 2. The maximum Gasteiger partial charge on any atom is 0.416 e. The second-order valence-electron chi connectivity index (χ2n) is 4.79. The molecule has 0 aliphatic heterocycles. The predicted octanol–water partition coefficient (Wildman–Crippen LogP) is 3.58. The van der Waals surface area contributed by atoms with Gasteiger partial charge in [-0.05, 0) is 49.3 Å². The molecule has 94 valence electrons. The van der Waals surface area contributed by atoms with Crippen LogP contribution in [0.5, 0.6) is 0 Å². The molecule has 0 bridgehead atoms. The lowest BCUT2D eigenvalue weighted by molar-refractivity contribution is -0.137. The zero-order valence-corrected chi connectivity index (χ0v) is 9.54. The fourth-order valence-electron chi connectivity index (χ4n) is 2.27. The van der Waals surface area contributed by atoms with E-state index in [1.54, 1.807) is 19.1 Å². The number of hydrogen-bond donors (Lipinski definition) is 1. The van der Waals surface area contributed by atoms with Crippen LogP contribution >= 0.6 is 0 Å². The van der Waals surface area contributed by atoms with Gasteiger partial charge in [0.25, 0.3) is 0 Å². The molecular formula is C13H15F3O. The molecule has 0 radical (unpaired) electrons.